The smallest absolute Gasteiger partial charge is 0.152 e. The van der Waals surface area contributed by atoms with Crippen LogP contribution in [0.4, 0.5) is 11.5 Å². The van der Waals surface area contributed by atoms with Gasteiger partial charge in [0.15, 0.2) is 5.82 Å². The van der Waals surface area contributed by atoms with Crippen LogP contribution in [0.25, 0.3) is 0 Å². The van der Waals surface area contributed by atoms with E-state index < -0.39 is 0 Å². The van der Waals surface area contributed by atoms with E-state index in [2.05, 4.69) is 42.9 Å². The molecule has 0 aromatic carbocycles. The lowest BCUT2D eigenvalue weighted by Crippen LogP contribution is -2.24. The van der Waals surface area contributed by atoms with E-state index in [1.165, 1.54) is 5.56 Å². The Bertz CT molecular complexity index is 573. The standard InChI is InChI=1S/C14H15BrN4/c15-11-8-12(16)14(18-9-11)19-7-1-2-13(19)10-3-5-17-6-4-10/h3-6,8-9,13H,1-2,7,16H2. The highest BCUT2D eigenvalue weighted by Crippen LogP contribution is 2.37. The Morgan fingerprint density at radius 3 is 2.84 bits per heavy atom. The van der Waals surface area contributed by atoms with Crippen molar-refractivity contribution < 1.29 is 0 Å². The molecule has 0 saturated carbocycles. The molecule has 1 atom stereocenters. The van der Waals surface area contributed by atoms with Crippen LogP contribution in [-0.2, 0) is 0 Å². The van der Waals surface area contributed by atoms with Gasteiger partial charge in [-0.25, -0.2) is 4.98 Å². The summed E-state index contributed by atoms with van der Waals surface area (Å²) in [7, 11) is 0. The predicted molar refractivity (Wildman–Crippen MR) is 79.9 cm³/mol. The van der Waals surface area contributed by atoms with Crippen LogP contribution in [0.1, 0.15) is 24.4 Å². The molecule has 0 aliphatic carbocycles. The number of rotatable bonds is 2. The Kier molecular flexibility index (Phi) is 3.38. The number of nitrogen functional groups attached to an aromatic ring is 1. The maximum Gasteiger partial charge on any atom is 0.152 e. The molecular formula is C14H15BrN4. The first-order valence-corrected chi connectivity index (χ1v) is 7.12. The van der Waals surface area contributed by atoms with Crippen molar-refractivity contribution in [3.05, 3.63) is 46.8 Å². The average Bonchev–Trinajstić information content (AvgIpc) is 2.89. The zero-order valence-corrected chi connectivity index (χ0v) is 12.0. The Morgan fingerprint density at radius 1 is 1.32 bits per heavy atom. The third-order valence-corrected chi connectivity index (χ3v) is 3.91. The molecule has 5 heteroatoms. The molecule has 98 valence electrons. The van der Waals surface area contributed by atoms with Crippen LogP contribution in [0.3, 0.4) is 0 Å². The van der Waals surface area contributed by atoms with E-state index in [-0.39, 0.29) is 0 Å². The van der Waals surface area contributed by atoms with Gasteiger partial charge in [0, 0.05) is 29.6 Å². The number of halogens is 1. The van der Waals surface area contributed by atoms with Crippen LogP contribution >= 0.6 is 15.9 Å². The molecule has 2 aromatic heterocycles. The molecule has 1 aliphatic heterocycles. The van der Waals surface area contributed by atoms with Gasteiger partial charge in [-0.15, -0.1) is 0 Å². The Hall–Kier alpha value is -1.62. The second-order valence-electron chi connectivity index (χ2n) is 4.70. The second kappa shape index (κ2) is 5.17. The van der Waals surface area contributed by atoms with E-state index in [1.807, 2.05) is 18.5 Å². The van der Waals surface area contributed by atoms with Crippen LogP contribution in [-0.4, -0.2) is 16.5 Å². The summed E-state index contributed by atoms with van der Waals surface area (Å²) < 4.78 is 0.911. The molecule has 1 fully saturated rings. The number of anilines is 2. The summed E-state index contributed by atoms with van der Waals surface area (Å²) in [5.41, 5.74) is 8.09. The lowest BCUT2D eigenvalue weighted by atomic mass is 10.1. The summed E-state index contributed by atoms with van der Waals surface area (Å²) in [4.78, 5) is 10.8. The summed E-state index contributed by atoms with van der Waals surface area (Å²) in [6, 6.07) is 6.39. The van der Waals surface area contributed by atoms with Gasteiger partial charge < -0.3 is 10.6 Å². The predicted octanol–water partition coefficient (Wildman–Crippen LogP) is 3.16. The summed E-state index contributed by atoms with van der Waals surface area (Å²) in [5, 5.41) is 0. The van der Waals surface area contributed by atoms with Crippen molar-refractivity contribution >= 4 is 27.4 Å². The molecule has 4 nitrogen and oxygen atoms in total. The lowest BCUT2D eigenvalue weighted by molar-refractivity contribution is 0.711. The van der Waals surface area contributed by atoms with Gasteiger partial charge in [-0.2, -0.15) is 0 Å². The van der Waals surface area contributed by atoms with Crippen molar-refractivity contribution in [3.8, 4) is 0 Å². The van der Waals surface area contributed by atoms with Gasteiger partial charge in [-0.3, -0.25) is 4.98 Å². The van der Waals surface area contributed by atoms with Gasteiger partial charge in [0.1, 0.15) is 0 Å². The van der Waals surface area contributed by atoms with Crippen LogP contribution in [0, 0.1) is 0 Å². The Balaban J connectivity index is 1.95. The highest BCUT2D eigenvalue weighted by molar-refractivity contribution is 9.10. The molecule has 0 radical (unpaired) electrons. The van der Waals surface area contributed by atoms with E-state index in [9.17, 15) is 0 Å². The Labute approximate surface area is 120 Å². The number of hydrogen-bond acceptors (Lipinski definition) is 4. The summed E-state index contributed by atoms with van der Waals surface area (Å²) in [5.74, 6) is 0.877. The van der Waals surface area contributed by atoms with E-state index >= 15 is 0 Å². The number of nitrogens with two attached hydrogens (primary N) is 1. The minimum Gasteiger partial charge on any atom is -0.396 e. The lowest BCUT2D eigenvalue weighted by Gasteiger charge is -2.27. The fourth-order valence-electron chi connectivity index (χ4n) is 2.64. The minimum absolute atomic E-state index is 0.346. The zero-order chi connectivity index (χ0) is 13.2. The van der Waals surface area contributed by atoms with E-state index in [0.717, 1.165) is 35.4 Å². The average molecular weight is 319 g/mol. The van der Waals surface area contributed by atoms with Gasteiger partial charge in [0.25, 0.3) is 0 Å². The van der Waals surface area contributed by atoms with Crippen molar-refractivity contribution in [1.82, 2.24) is 9.97 Å². The number of aromatic nitrogens is 2. The molecule has 19 heavy (non-hydrogen) atoms. The van der Waals surface area contributed by atoms with Crippen molar-refractivity contribution in [1.29, 1.82) is 0 Å². The highest BCUT2D eigenvalue weighted by Gasteiger charge is 2.28. The summed E-state index contributed by atoms with van der Waals surface area (Å²) in [6.07, 6.45) is 7.76. The third kappa shape index (κ3) is 2.42. The van der Waals surface area contributed by atoms with Crippen LogP contribution in [0.2, 0.25) is 0 Å². The van der Waals surface area contributed by atoms with Gasteiger partial charge in [0.2, 0.25) is 0 Å². The monoisotopic (exact) mass is 318 g/mol. The van der Waals surface area contributed by atoms with Crippen molar-refractivity contribution in [2.75, 3.05) is 17.2 Å². The van der Waals surface area contributed by atoms with Gasteiger partial charge in [0.05, 0.1) is 11.7 Å². The maximum absolute atomic E-state index is 6.09. The molecule has 0 amide bonds. The van der Waals surface area contributed by atoms with Crippen molar-refractivity contribution in [2.45, 2.75) is 18.9 Å². The fraction of sp³-hybridized carbons (Fsp3) is 0.286. The van der Waals surface area contributed by atoms with E-state index in [1.54, 1.807) is 6.20 Å². The molecule has 3 heterocycles. The van der Waals surface area contributed by atoms with Crippen LogP contribution < -0.4 is 10.6 Å². The van der Waals surface area contributed by atoms with Crippen LogP contribution in [0.15, 0.2) is 41.3 Å². The molecule has 1 aliphatic rings. The molecule has 3 rings (SSSR count). The third-order valence-electron chi connectivity index (χ3n) is 3.48. The van der Waals surface area contributed by atoms with Gasteiger partial charge in [-0.05, 0) is 52.5 Å². The first-order chi connectivity index (χ1) is 9.25. The number of hydrogen-bond donors (Lipinski definition) is 1. The van der Waals surface area contributed by atoms with E-state index in [0.29, 0.717) is 6.04 Å². The summed E-state index contributed by atoms with van der Waals surface area (Å²) in [6.45, 7) is 0.992. The highest BCUT2D eigenvalue weighted by atomic mass is 79.9. The number of pyridine rings is 2. The first kappa shape index (κ1) is 12.4. The normalized spacial score (nSPS) is 18.8. The first-order valence-electron chi connectivity index (χ1n) is 6.33. The zero-order valence-electron chi connectivity index (χ0n) is 10.5. The number of nitrogens with zero attached hydrogens (tertiary/aromatic N) is 3. The van der Waals surface area contributed by atoms with Gasteiger partial charge in [-0.1, -0.05) is 0 Å². The maximum atomic E-state index is 6.09. The molecule has 0 spiro atoms. The molecule has 0 bridgehead atoms. The Morgan fingerprint density at radius 2 is 2.11 bits per heavy atom. The minimum atomic E-state index is 0.346. The van der Waals surface area contributed by atoms with E-state index in [4.69, 9.17) is 5.73 Å². The van der Waals surface area contributed by atoms with Gasteiger partial charge >= 0.3 is 0 Å². The fourth-order valence-corrected chi connectivity index (χ4v) is 2.99. The van der Waals surface area contributed by atoms with Crippen molar-refractivity contribution in [3.63, 3.8) is 0 Å². The molecule has 1 unspecified atom stereocenters. The second-order valence-corrected chi connectivity index (χ2v) is 5.61. The van der Waals surface area contributed by atoms with Crippen LogP contribution in [0.5, 0.6) is 0 Å². The molecule has 1 saturated heterocycles. The topological polar surface area (TPSA) is 55.0 Å². The largest absolute Gasteiger partial charge is 0.396 e. The van der Waals surface area contributed by atoms with Crippen molar-refractivity contribution in [2.24, 2.45) is 0 Å². The quantitative estimate of drug-likeness (QED) is 0.924. The molecule has 2 aromatic rings. The molecule has 2 N–H and O–H groups in total. The molecular weight excluding hydrogens is 304 g/mol. The summed E-state index contributed by atoms with van der Waals surface area (Å²) >= 11 is 3.40. The SMILES string of the molecule is Nc1cc(Br)cnc1N1CCCC1c1ccncc1.